The molecule has 0 aromatic carbocycles. The fraction of sp³-hybridized carbons (Fsp3) is 0.692. The molecule has 3 rings (SSSR count). The highest BCUT2D eigenvalue weighted by atomic mass is 16.6. The fourth-order valence-electron chi connectivity index (χ4n) is 2.52. The van der Waals surface area contributed by atoms with Crippen molar-refractivity contribution in [3.8, 4) is 0 Å². The SMILES string of the molecule is CCOC(=O)C1(C(=O)OCC)O[C@H]2C=C[C@@H]1CC2. The first kappa shape index (κ1) is 13.1. The van der Waals surface area contributed by atoms with Gasteiger partial charge in [0.15, 0.2) is 0 Å². The van der Waals surface area contributed by atoms with Gasteiger partial charge < -0.3 is 14.2 Å². The number of esters is 2. The standard InChI is InChI=1S/C13H18O5/c1-3-16-11(14)13(12(15)17-4-2)9-5-7-10(18-13)8-6-9/h5,7,9-10H,3-4,6,8H2,1-2H3/t9-,10+/m1/s1. The summed E-state index contributed by atoms with van der Waals surface area (Å²) in [6.45, 7) is 3.83. The topological polar surface area (TPSA) is 61.8 Å². The molecule has 100 valence electrons. The maximum absolute atomic E-state index is 12.1. The lowest BCUT2D eigenvalue weighted by atomic mass is 9.76. The molecular weight excluding hydrogens is 236 g/mol. The van der Waals surface area contributed by atoms with Crippen LogP contribution in [0.25, 0.3) is 0 Å². The molecule has 1 aliphatic carbocycles. The summed E-state index contributed by atoms with van der Waals surface area (Å²) in [6, 6.07) is 0. The number of carbonyl (C=O) groups is 2. The second-order valence-electron chi connectivity index (χ2n) is 4.40. The Balaban J connectivity index is 2.32. The van der Waals surface area contributed by atoms with E-state index in [0.717, 1.165) is 12.8 Å². The summed E-state index contributed by atoms with van der Waals surface area (Å²) in [5.74, 6) is -1.56. The normalized spacial score (nSPS) is 27.9. The van der Waals surface area contributed by atoms with Crippen molar-refractivity contribution in [2.75, 3.05) is 13.2 Å². The van der Waals surface area contributed by atoms with Crippen LogP contribution in [0.4, 0.5) is 0 Å². The maximum Gasteiger partial charge on any atom is 0.350 e. The van der Waals surface area contributed by atoms with Gasteiger partial charge in [0.05, 0.1) is 19.3 Å². The summed E-state index contributed by atoms with van der Waals surface area (Å²) in [5.41, 5.74) is -1.59. The second kappa shape index (κ2) is 5.10. The quantitative estimate of drug-likeness (QED) is 0.429. The summed E-state index contributed by atoms with van der Waals surface area (Å²) in [7, 11) is 0. The molecule has 0 saturated carbocycles. The van der Waals surface area contributed by atoms with Crippen molar-refractivity contribution >= 4 is 11.9 Å². The number of ether oxygens (including phenoxy) is 3. The van der Waals surface area contributed by atoms with Crippen LogP contribution >= 0.6 is 0 Å². The van der Waals surface area contributed by atoms with E-state index in [1.807, 2.05) is 12.2 Å². The van der Waals surface area contributed by atoms with E-state index < -0.39 is 17.5 Å². The van der Waals surface area contributed by atoms with Gasteiger partial charge in [-0.15, -0.1) is 0 Å². The van der Waals surface area contributed by atoms with Crippen LogP contribution in [0.15, 0.2) is 12.2 Å². The van der Waals surface area contributed by atoms with Crippen molar-refractivity contribution in [2.45, 2.75) is 38.4 Å². The van der Waals surface area contributed by atoms with Crippen LogP contribution in [-0.4, -0.2) is 36.9 Å². The smallest absolute Gasteiger partial charge is 0.350 e. The number of hydrogen-bond donors (Lipinski definition) is 0. The molecule has 0 aromatic rings. The molecule has 1 saturated heterocycles. The number of carbonyl (C=O) groups excluding carboxylic acids is 2. The Labute approximate surface area is 106 Å². The average molecular weight is 254 g/mol. The summed E-state index contributed by atoms with van der Waals surface area (Å²) < 4.78 is 15.7. The molecule has 5 heteroatoms. The van der Waals surface area contributed by atoms with E-state index >= 15 is 0 Å². The first-order valence-electron chi connectivity index (χ1n) is 6.35. The second-order valence-corrected chi connectivity index (χ2v) is 4.40. The molecule has 2 bridgehead atoms. The molecule has 0 radical (unpaired) electrons. The number of fused-ring (bicyclic) bond motifs is 2. The van der Waals surface area contributed by atoms with Gasteiger partial charge in [-0.05, 0) is 26.7 Å². The van der Waals surface area contributed by atoms with Gasteiger partial charge in [0.25, 0.3) is 5.60 Å². The van der Waals surface area contributed by atoms with E-state index in [9.17, 15) is 9.59 Å². The van der Waals surface area contributed by atoms with Gasteiger partial charge in [0.1, 0.15) is 0 Å². The van der Waals surface area contributed by atoms with Gasteiger partial charge in [0, 0.05) is 5.92 Å². The molecule has 0 N–H and O–H groups in total. The molecule has 0 aromatic heterocycles. The lowest BCUT2D eigenvalue weighted by molar-refractivity contribution is -0.212. The third-order valence-electron chi connectivity index (χ3n) is 3.34. The molecular formula is C13H18O5. The molecule has 0 amide bonds. The molecule has 0 spiro atoms. The number of hydrogen-bond acceptors (Lipinski definition) is 5. The zero-order chi connectivity index (χ0) is 13.2. The minimum absolute atomic E-state index is 0.205. The van der Waals surface area contributed by atoms with Crippen LogP contribution in [-0.2, 0) is 23.8 Å². The molecule has 2 atom stereocenters. The van der Waals surface area contributed by atoms with Crippen molar-refractivity contribution in [1.29, 1.82) is 0 Å². The highest BCUT2D eigenvalue weighted by molar-refractivity contribution is 6.04. The van der Waals surface area contributed by atoms with Crippen LogP contribution in [0.1, 0.15) is 26.7 Å². The molecule has 1 fully saturated rings. The summed E-state index contributed by atoms with van der Waals surface area (Å²) in [5, 5.41) is 0. The Morgan fingerprint density at radius 2 is 1.78 bits per heavy atom. The van der Waals surface area contributed by atoms with Gasteiger partial charge in [0.2, 0.25) is 0 Å². The Morgan fingerprint density at radius 3 is 2.11 bits per heavy atom. The van der Waals surface area contributed by atoms with Crippen molar-refractivity contribution in [2.24, 2.45) is 5.92 Å². The van der Waals surface area contributed by atoms with Crippen LogP contribution in [0.5, 0.6) is 0 Å². The van der Waals surface area contributed by atoms with E-state index in [0.29, 0.717) is 0 Å². The lowest BCUT2D eigenvalue weighted by Gasteiger charge is -2.44. The van der Waals surface area contributed by atoms with E-state index in [1.165, 1.54) is 0 Å². The first-order valence-corrected chi connectivity index (χ1v) is 6.35. The molecule has 18 heavy (non-hydrogen) atoms. The van der Waals surface area contributed by atoms with Crippen molar-refractivity contribution in [3.05, 3.63) is 12.2 Å². The Morgan fingerprint density at radius 1 is 1.17 bits per heavy atom. The Kier molecular flexibility index (Phi) is 3.71. The highest BCUT2D eigenvalue weighted by Crippen LogP contribution is 2.41. The van der Waals surface area contributed by atoms with Crippen molar-refractivity contribution in [1.82, 2.24) is 0 Å². The van der Waals surface area contributed by atoms with Crippen LogP contribution < -0.4 is 0 Å². The zero-order valence-electron chi connectivity index (χ0n) is 10.7. The minimum Gasteiger partial charge on any atom is -0.463 e. The lowest BCUT2D eigenvalue weighted by Crippen LogP contribution is -2.61. The van der Waals surface area contributed by atoms with Crippen LogP contribution in [0.2, 0.25) is 0 Å². The van der Waals surface area contributed by atoms with Crippen LogP contribution in [0, 0.1) is 5.92 Å². The first-order chi connectivity index (χ1) is 8.65. The summed E-state index contributed by atoms with van der Waals surface area (Å²) >= 11 is 0. The van der Waals surface area contributed by atoms with Crippen molar-refractivity contribution in [3.63, 3.8) is 0 Å². The Hall–Kier alpha value is -1.36. The fourth-order valence-corrected chi connectivity index (χ4v) is 2.52. The third kappa shape index (κ3) is 1.92. The van der Waals surface area contributed by atoms with E-state index in [-0.39, 0.29) is 25.2 Å². The minimum atomic E-state index is -1.59. The molecule has 5 nitrogen and oxygen atoms in total. The van der Waals surface area contributed by atoms with Gasteiger partial charge in [-0.2, -0.15) is 0 Å². The number of rotatable bonds is 4. The van der Waals surface area contributed by atoms with Gasteiger partial charge >= 0.3 is 11.9 Å². The summed E-state index contributed by atoms with van der Waals surface area (Å²) in [6.07, 6.45) is 5.11. The molecule has 2 aliphatic heterocycles. The third-order valence-corrected chi connectivity index (χ3v) is 3.34. The van der Waals surface area contributed by atoms with Gasteiger partial charge in [-0.25, -0.2) is 9.59 Å². The predicted octanol–water partition coefficient (Wildman–Crippen LogP) is 1.22. The van der Waals surface area contributed by atoms with Crippen molar-refractivity contribution < 1.29 is 23.8 Å². The highest BCUT2D eigenvalue weighted by Gasteiger charge is 2.60. The molecule has 2 heterocycles. The van der Waals surface area contributed by atoms with E-state index in [2.05, 4.69) is 0 Å². The van der Waals surface area contributed by atoms with Gasteiger partial charge in [-0.1, -0.05) is 12.2 Å². The molecule has 3 aliphatic rings. The zero-order valence-corrected chi connectivity index (χ0v) is 10.7. The van der Waals surface area contributed by atoms with E-state index in [1.54, 1.807) is 13.8 Å². The monoisotopic (exact) mass is 254 g/mol. The maximum atomic E-state index is 12.1. The van der Waals surface area contributed by atoms with Crippen LogP contribution in [0.3, 0.4) is 0 Å². The average Bonchev–Trinajstić information content (AvgIpc) is 2.40. The summed E-state index contributed by atoms with van der Waals surface area (Å²) in [4.78, 5) is 24.3. The Bertz CT molecular complexity index is 356. The predicted molar refractivity (Wildman–Crippen MR) is 62.7 cm³/mol. The van der Waals surface area contributed by atoms with E-state index in [4.69, 9.17) is 14.2 Å². The molecule has 0 unspecified atom stereocenters. The largest absolute Gasteiger partial charge is 0.463 e. The van der Waals surface area contributed by atoms with Gasteiger partial charge in [-0.3, -0.25) is 0 Å².